The highest BCUT2D eigenvalue weighted by Gasteiger charge is 2.22. The molecule has 0 unspecified atom stereocenters. The molecule has 2 heterocycles. The molecule has 2 aromatic heterocycles. The highest BCUT2D eigenvalue weighted by Crippen LogP contribution is 2.32. The van der Waals surface area contributed by atoms with E-state index in [1.165, 1.54) is 30.4 Å². The largest absolute Gasteiger partial charge is 0.309 e. The average Bonchev–Trinajstić information content (AvgIpc) is 3.34. The van der Waals surface area contributed by atoms with Crippen molar-refractivity contribution >= 4 is 11.7 Å². The molecule has 36 heavy (non-hydrogen) atoms. The van der Waals surface area contributed by atoms with Gasteiger partial charge in [0.2, 0.25) is 5.91 Å². The fourth-order valence-corrected chi connectivity index (χ4v) is 4.49. The van der Waals surface area contributed by atoms with Gasteiger partial charge in [0.1, 0.15) is 11.9 Å². The molecule has 1 aliphatic carbocycles. The van der Waals surface area contributed by atoms with Gasteiger partial charge in [0, 0.05) is 30.1 Å². The maximum atomic E-state index is 13.4. The van der Waals surface area contributed by atoms with Crippen LogP contribution in [0.4, 0.5) is 5.82 Å². The Morgan fingerprint density at radius 2 is 1.75 bits per heavy atom. The minimum atomic E-state index is -0.485. The number of aromatic nitrogens is 3. The van der Waals surface area contributed by atoms with Crippen molar-refractivity contribution in [3.8, 4) is 11.1 Å². The highest BCUT2D eigenvalue weighted by molar-refractivity contribution is 5.95. The zero-order valence-electron chi connectivity index (χ0n) is 20.9. The van der Waals surface area contributed by atoms with Gasteiger partial charge < -0.3 is 10.6 Å². The summed E-state index contributed by atoms with van der Waals surface area (Å²) in [5, 5.41) is 11.0. The van der Waals surface area contributed by atoms with Crippen LogP contribution in [0.2, 0.25) is 0 Å². The Balaban J connectivity index is 1.26. The number of amides is 1. The van der Waals surface area contributed by atoms with Crippen molar-refractivity contribution < 1.29 is 4.79 Å². The van der Waals surface area contributed by atoms with Crippen molar-refractivity contribution in [2.24, 2.45) is 0 Å². The van der Waals surface area contributed by atoms with Crippen LogP contribution in [-0.2, 0) is 4.79 Å². The molecule has 184 valence electrons. The van der Waals surface area contributed by atoms with Crippen LogP contribution in [-0.4, -0.2) is 27.2 Å². The monoisotopic (exact) mass is 479 g/mol. The van der Waals surface area contributed by atoms with Gasteiger partial charge in [0.05, 0.1) is 12.2 Å². The van der Waals surface area contributed by atoms with E-state index in [4.69, 9.17) is 0 Å². The molecule has 0 saturated heterocycles. The van der Waals surface area contributed by atoms with Crippen molar-refractivity contribution in [2.45, 2.75) is 51.1 Å². The summed E-state index contributed by atoms with van der Waals surface area (Å²) in [6.45, 7) is 4.93. The number of rotatable bonds is 9. The van der Waals surface area contributed by atoms with Crippen LogP contribution in [0.25, 0.3) is 11.1 Å². The SMILES string of the molecule is Cc1ccc([C@@H](C)CN[C@@H](C(=O)Nc2ccc(-c3cnn(C4CCC4)c3)cn2)c2ccccc2)cc1. The molecule has 6 nitrogen and oxygen atoms in total. The lowest BCUT2D eigenvalue weighted by Crippen LogP contribution is -2.35. The third-order valence-corrected chi connectivity index (χ3v) is 7.07. The predicted octanol–water partition coefficient (Wildman–Crippen LogP) is 6.05. The number of benzene rings is 2. The van der Waals surface area contributed by atoms with Gasteiger partial charge in [-0.25, -0.2) is 4.98 Å². The van der Waals surface area contributed by atoms with Gasteiger partial charge >= 0.3 is 0 Å². The number of nitrogens with zero attached hydrogens (tertiary/aromatic N) is 3. The summed E-state index contributed by atoms with van der Waals surface area (Å²) in [5.41, 5.74) is 5.44. The number of anilines is 1. The maximum absolute atomic E-state index is 13.4. The van der Waals surface area contributed by atoms with Gasteiger partial charge in [-0.3, -0.25) is 9.48 Å². The van der Waals surface area contributed by atoms with Crippen molar-refractivity contribution in [3.63, 3.8) is 0 Å². The van der Waals surface area contributed by atoms with E-state index < -0.39 is 6.04 Å². The summed E-state index contributed by atoms with van der Waals surface area (Å²) < 4.78 is 2.06. The quantitative estimate of drug-likeness (QED) is 0.306. The minimum Gasteiger partial charge on any atom is -0.309 e. The van der Waals surface area contributed by atoms with E-state index >= 15 is 0 Å². The Morgan fingerprint density at radius 1 is 0.972 bits per heavy atom. The molecule has 1 amide bonds. The fraction of sp³-hybridized carbons (Fsp3) is 0.300. The van der Waals surface area contributed by atoms with Crippen LogP contribution in [0.15, 0.2) is 85.3 Å². The first-order valence-electron chi connectivity index (χ1n) is 12.7. The lowest BCUT2D eigenvalue weighted by Gasteiger charge is -2.25. The zero-order valence-corrected chi connectivity index (χ0v) is 20.9. The smallest absolute Gasteiger partial charge is 0.247 e. The number of hydrogen-bond donors (Lipinski definition) is 2. The van der Waals surface area contributed by atoms with Crippen LogP contribution in [0.5, 0.6) is 0 Å². The van der Waals surface area contributed by atoms with E-state index in [2.05, 4.69) is 69.7 Å². The second kappa shape index (κ2) is 10.9. The van der Waals surface area contributed by atoms with Crippen LogP contribution in [0, 0.1) is 6.92 Å². The van der Waals surface area contributed by atoms with E-state index in [0.717, 1.165) is 16.7 Å². The van der Waals surface area contributed by atoms with E-state index in [0.29, 0.717) is 18.4 Å². The number of pyridine rings is 1. The molecule has 6 heteroatoms. The summed E-state index contributed by atoms with van der Waals surface area (Å²) in [6.07, 6.45) is 9.44. The Kier molecular flexibility index (Phi) is 7.23. The molecule has 1 saturated carbocycles. The molecule has 0 aliphatic heterocycles. The Hall–Kier alpha value is -3.77. The third kappa shape index (κ3) is 5.55. The van der Waals surface area contributed by atoms with E-state index in [1.807, 2.05) is 48.7 Å². The van der Waals surface area contributed by atoms with Crippen molar-refractivity contribution in [1.29, 1.82) is 0 Å². The molecule has 5 rings (SSSR count). The third-order valence-electron chi connectivity index (χ3n) is 7.07. The summed E-state index contributed by atoms with van der Waals surface area (Å²) in [4.78, 5) is 17.9. The molecule has 0 spiro atoms. The Morgan fingerprint density at radius 3 is 2.42 bits per heavy atom. The molecule has 2 atom stereocenters. The van der Waals surface area contributed by atoms with Crippen molar-refractivity contribution in [1.82, 2.24) is 20.1 Å². The molecule has 0 bridgehead atoms. The average molecular weight is 480 g/mol. The fourth-order valence-electron chi connectivity index (χ4n) is 4.49. The number of carbonyl (C=O) groups is 1. The number of nitrogens with one attached hydrogen (secondary N) is 2. The zero-order chi connectivity index (χ0) is 24.9. The van der Waals surface area contributed by atoms with Gasteiger partial charge in [-0.2, -0.15) is 5.10 Å². The first kappa shape index (κ1) is 23.9. The first-order valence-corrected chi connectivity index (χ1v) is 12.7. The van der Waals surface area contributed by atoms with Crippen molar-refractivity contribution in [3.05, 3.63) is 102 Å². The first-order chi connectivity index (χ1) is 17.6. The van der Waals surface area contributed by atoms with E-state index in [1.54, 1.807) is 6.20 Å². The van der Waals surface area contributed by atoms with Crippen LogP contribution < -0.4 is 10.6 Å². The van der Waals surface area contributed by atoms with Gasteiger partial charge in [-0.1, -0.05) is 67.1 Å². The number of hydrogen-bond acceptors (Lipinski definition) is 4. The molecule has 2 aromatic carbocycles. The number of carbonyl (C=O) groups excluding carboxylic acids is 1. The summed E-state index contributed by atoms with van der Waals surface area (Å²) in [6, 6.07) is 22.3. The molecular formula is C30H33N5O. The summed E-state index contributed by atoms with van der Waals surface area (Å²) in [5.74, 6) is 0.669. The topological polar surface area (TPSA) is 71.8 Å². The van der Waals surface area contributed by atoms with Gasteiger partial charge in [-0.15, -0.1) is 0 Å². The second-order valence-electron chi connectivity index (χ2n) is 9.78. The molecule has 1 aliphatic rings. The van der Waals surface area contributed by atoms with Gasteiger partial charge in [0.15, 0.2) is 0 Å². The standard InChI is InChI=1S/C30H33N5O/c1-21-11-13-23(14-12-21)22(2)17-32-29(24-7-4-3-5-8-24)30(36)34-28-16-15-25(18-31-28)26-19-33-35(20-26)27-9-6-10-27/h3-5,7-8,11-16,18-20,22,27,29,32H,6,9-10,17H2,1-2H3,(H,31,34,36)/t22-,29+/m0/s1. The molecular weight excluding hydrogens is 446 g/mol. The number of aryl methyl sites for hydroxylation is 1. The Bertz CT molecular complexity index is 1280. The second-order valence-corrected chi connectivity index (χ2v) is 9.78. The molecule has 0 radical (unpaired) electrons. The van der Waals surface area contributed by atoms with Crippen LogP contribution >= 0.6 is 0 Å². The lowest BCUT2D eigenvalue weighted by atomic mass is 9.93. The van der Waals surface area contributed by atoms with Crippen molar-refractivity contribution in [2.75, 3.05) is 11.9 Å². The van der Waals surface area contributed by atoms with E-state index in [9.17, 15) is 4.79 Å². The van der Waals surface area contributed by atoms with Crippen LogP contribution in [0.3, 0.4) is 0 Å². The summed E-state index contributed by atoms with van der Waals surface area (Å²) >= 11 is 0. The maximum Gasteiger partial charge on any atom is 0.247 e. The Labute approximate surface area is 212 Å². The van der Waals surface area contributed by atoms with Gasteiger partial charge in [-0.05, 0) is 55.4 Å². The molecule has 1 fully saturated rings. The molecule has 2 N–H and O–H groups in total. The predicted molar refractivity (Wildman–Crippen MR) is 144 cm³/mol. The van der Waals surface area contributed by atoms with Gasteiger partial charge in [0.25, 0.3) is 0 Å². The highest BCUT2D eigenvalue weighted by atomic mass is 16.2. The normalized spacial score (nSPS) is 15.2. The molecule has 4 aromatic rings. The summed E-state index contributed by atoms with van der Waals surface area (Å²) in [7, 11) is 0. The van der Waals surface area contributed by atoms with E-state index in [-0.39, 0.29) is 11.8 Å². The lowest BCUT2D eigenvalue weighted by molar-refractivity contribution is -0.118. The minimum absolute atomic E-state index is 0.129. The van der Waals surface area contributed by atoms with Crippen LogP contribution in [0.1, 0.15) is 60.9 Å².